The molecule has 0 N–H and O–H groups in total. The maximum Gasteiger partial charge on any atom is 0.156 e. The minimum atomic E-state index is -0.396. The summed E-state index contributed by atoms with van der Waals surface area (Å²) >= 11 is 0. The van der Waals surface area contributed by atoms with Crippen molar-refractivity contribution in [2.45, 2.75) is 5.41 Å². The van der Waals surface area contributed by atoms with Gasteiger partial charge in [0.15, 0.2) is 8.46 Å². The molecule has 0 bridgehead atoms. The van der Waals surface area contributed by atoms with Crippen molar-refractivity contribution in [1.82, 2.24) is 0 Å². The zero-order valence-corrected chi connectivity index (χ0v) is 13.1. The third-order valence-corrected chi connectivity index (χ3v) is 4.70. The summed E-state index contributed by atoms with van der Waals surface area (Å²) in [7, 11) is 0.139. The first kappa shape index (κ1) is 14.7. The molecule has 0 heterocycles. The minimum absolute atomic E-state index is 0.139. The Morgan fingerprint density at radius 1 is 0.591 bits per heavy atom. The smallest absolute Gasteiger partial charge is 0.156 e. The first-order valence-electron chi connectivity index (χ1n) is 7.33. The van der Waals surface area contributed by atoms with Gasteiger partial charge in [-0.05, 0) is 16.7 Å². The predicted octanol–water partition coefficient (Wildman–Crippen LogP) is 5.31. The number of hydrogen-bond donors (Lipinski definition) is 0. The van der Waals surface area contributed by atoms with E-state index in [0.717, 1.165) is 16.7 Å². The van der Waals surface area contributed by atoms with Crippen LogP contribution in [0.3, 0.4) is 0 Å². The van der Waals surface area contributed by atoms with Crippen molar-refractivity contribution < 1.29 is 4.57 Å². The van der Waals surface area contributed by atoms with E-state index in [-0.39, 0.29) is 8.46 Å². The van der Waals surface area contributed by atoms with Crippen LogP contribution in [-0.4, -0.2) is 6.16 Å². The third-order valence-electron chi connectivity index (χ3n) is 4.10. The molecule has 3 aromatic carbocycles. The second kappa shape index (κ2) is 6.68. The Morgan fingerprint density at radius 3 is 1.18 bits per heavy atom. The van der Waals surface area contributed by atoms with E-state index in [1.807, 2.05) is 54.6 Å². The van der Waals surface area contributed by atoms with Gasteiger partial charge in [-0.1, -0.05) is 91.0 Å². The SMILES string of the molecule is O=PCC(c1ccccc1)(c1ccccc1)c1ccccc1. The molecule has 0 saturated heterocycles. The fourth-order valence-electron chi connectivity index (χ4n) is 3.04. The minimum Gasteiger partial charge on any atom is -0.275 e. The number of hydrogen-bond acceptors (Lipinski definition) is 1. The van der Waals surface area contributed by atoms with Crippen LogP contribution in [0.15, 0.2) is 91.0 Å². The lowest BCUT2D eigenvalue weighted by Crippen LogP contribution is -2.31. The van der Waals surface area contributed by atoms with E-state index >= 15 is 0 Å². The van der Waals surface area contributed by atoms with Crippen LogP contribution in [0.25, 0.3) is 0 Å². The zero-order valence-electron chi connectivity index (χ0n) is 12.2. The predicted molar refractivity (Wildman–Crippen MR) is 91.7 cm³/mol. The van der Waals surface area contributed by atoms with Crippen LogP contribution in [0.2, 0.25) is 0 Å². The lowest BCUT2D eigenvalue weighted by Gasteiger charge is -2.34. The highest BCUT2D eigenvalue weighted by Gasteiger charge is 2.36. The summed E-state index contributed by atoms with van der Waals surface area (Å²) in [6, 6.07) is 31.0. The summed E-state index contributed by atoms with van der Waals surface area (Å²) < 4.78 is 11.6. The molecule has 0 spiro atoms. The first-order chi connectivity index (χ1) is 10.9. The molecule has 0 amide bonds. The van der Waals surface area contributed by atoms with E-state index in [1.165, 1.54) is 0 Å². The molecular weight excluding hydrogens is 287 g/mol. The Kier molecular flexibility index (Phi) is 4.46. The van der Waals surface area contributed by atoms with Crippen LogP contribution in [-0.2, 0) is 9.98 Å². The summed E-state index contributed by atoms with van der Waals surface area (Å²) in [5, 5.41) is 0. The number of rotatable bonds is 5. The van der Waals surface area contributed by atoms with Crippen molar-refractivity contribution in [1.29, 1.82) is 0 Å². The standard InChI is InChI=1S/C20H17OP/c21-22-16-20(17-10-4-1-5-11-17,18-12-6-2-7-13-18)19-14-8-3-9-15-19/h1-15H,16H2. The monoisotopic (exact) mass is 304 g/mol. The van der Waals surface area contributed by atoms with Crippen molar-refractivity contribution in [2.75, 3.05) is 6.16 Å². The van der Waals surface area contributed by atoms with Gasteiger partial charge in [-0.2, -0.15) is 0 Å². The molecule has 0 aromatic heterocycles. The van der Waals surface area contributed by atoms with Crippen LogP contribution >= 0.6 is 8.46 Å². The molecule has 0 unspecified atom stereocenters. The van der Waals surface area contributed by atoms with Gasteiger partial charge < -0.3 is 0 Å². The van der Waals surface area contributed by atoms with Gasteiger partial charge in [0.2, 0.25) is 0 Å². The Bertz CT molecular complexity index is 627. The quantitative estimate of drug-likeness (QED) is 0.461. The Hall–Kier alpha value is -2.24. The second-order valence-corrected chi connectivity index (χ2v) is 5.87. The van der Waals surface area contributed by atoms with Gasteiger partial charge in [0.25, 0.3) is 0 Å². The van der Waals surface area contributed by atoms with Gasteiger partial charge in [-0.25, -0.2) is 0 Å². The zero-order chi connectivity index (χ0) is 15.3. The van der Waals surface area contributed by atoms with Crippen LogP contribution in [0, 0.1) is 0 Å². The maximum absolute atomic E-state index is 11.6. The van der Waals surface area contributed by atoms with E-state index in [1.54, 1.807) is 0 Å². The molecule has 108 valence electrons. The Labute approximate surface area is 132 Å². The first-order valence-corrected chi connectivity index (χ1v) is 8.33. The molecule has 3 aromatic rings. The molecule has 0 radical (unpaired) electrons. The summed E-state index contributed by atoms with van der Waals surface area (Å²) in [6.45, 7) is 0. The maximum atomic E-state index is 11.6. The van der Waals surface area contributed by atoms with Gasteiger partial charge in [-0.3, -0.25) is 4.57 Å². The fourth-order valence-corrected chi connectivity index (χ4v) is 3.78. The molecule has 0 fully saturated rings. The molecule has 0 saturated carbocycles. The fraction of sp³-hybridized carbons (Fsp3) is 0.100. The Balaban J connectivity index is 2.31. The van der Waals surface area contributed by atoms with Crippen LogP contribution in [0.4, 0.5) is 0 Å². The second-order valence-electron chi connectivity index (χ2n) is 5.29. The number of benzene rings is 3. The van der Waals surface area contributed by atoms with Crippen molar-refractivity contribution in [3.63, 3.8) is 0 Å². The molecule has 0 aliphatic heterocycles. The van der Waals surface area contributed by atoms with E-state index in [9.17, 15) is 4.57 Å². The van der Waals surface area contributed by atoms with Crippen LogP contribution in [0.1, 0.15) is 16.7 Å². The molecule has 0 aliphatic carbocycles. The normalized spacial score (nSPS) is 11.5. The summed E-state index contributed by atoms with van der Waals surface area (Å²) in [5.74, 6) is 0. The van der Waals surface area contributed by atoms with Crippen molar-refractivity contribution >= 4 is 8.46 Å². The molecule has 22 heavy (non-hydrogen) atoms. The van der Waals surface area contributed by atoms with E-state index in [4.69, 9.17) is 0 Å². The largest absolute Gasteiger partial charge is 0.275 e. The Morgan fingerprint density at radius 2 is 0.909 bits per heavy atom. The molecule has 2 heteroatoms. The lowest BCUT2D eigenvalue weighted by molar-refractivity contribution is 0.588. The molecule has 0 atom stereocenters. The van der Waals surface area contributed by atoms with E-state index < -0.39 is 5.41 Å². The van der Waals surface area contributed by atoms with Gasteiger partial charge in [0.1, 0.15) is 0 Å². The topological polar surface area (TPSA) is 17.1 Å². The van der Waals surface area contributed by atoms with E-state index in [2.05, 4.69) is 36.4 Å². The lowest BCUT2D eigenvalue weighted by atomic mass is 9.71. The van der Waals surface area contributed by atoms with Gasteiger partial charge in [-0.15, -0.1) is 0 Å². The van der Waals surface area contributed by atoms with Crippen molar-refractivity contribution in [2.24, 2.45) is 0 Å². The highest BCUT2D eigenvalue weighted by atomic mass is 31.1. The molecule has 1 nitrogen and oxygen atoms in total. The van der Waals surface area contributed by atoms with Gasteiger partial charge >= 0.3 is 0 Å². The molecule has 3 rings (SSSR count). The van der Waals surface area contributed by atoms with E-state index in [0.29, 0.717) is 6.16 Å². The summed E-state index contributed by atoms with van der Waals surface area (Å²) in [4.78, 5) is 0. The van der Waals surface area contributed by atoms with Gasteiger partial charge in [0.05, 0.1) is 5.41 Å². The molecular formula is C20H17OP. The third kappa shape index (κ3) is 2.61. The molecule has 0 aliphatic rings. The summed E-state index contributed by atoms with van der Waals surface area (Å²) in [6.07, 6.45) is 0.519. The van der Waals surface area contributed by atoms with Gasteiger partial charge in [0, 0.05) is 6.16 Å². The summed E-state index contributed by atoms with van der Waals surface area (Å²) in [5.41, 5.74) is 3.09. The van der Waals surface area contributed by atoms with Crippen molar-refractivity contribution in [3.8, 4) is 0 Å². The van der Waals surface area contributed by atoms with Crippen molar-refractivity contribution in [3.05, 3.63) is 108 Å². The average molecular weight is 304 g/mol. The van der Waals surface area contributed by atoms with Crippen LogP contribution < -0.4 is 0 Å². The highest BCUT2D eigenvalue weighted by molar-refractivity contribution is 7.23. The highest BCUT2D eigenvalue weighted by Crippen LogP contribution is 2.41. The average Bonchev–Trinajstić information content (AvgIpc) is 2.62. The van der Waals surface area contributed by atoms with Crippen LogP contribution in [0.5, 0.6) is 0 Å².